The number of hydrogen-bond acceptors (Lipinski definition) is 6. The molecule has 144 valence electrons. The highest BCUT2D eigenvalue weighted by Crippen LogP contribution is 2.34. The smallest absolute Gasteiger partial charge is 0.404 e. The van der Waals surface area contributed by atoms with Crippen LogP contribution in [-0.4, -0.2) is 24.9 Å². The van der Waals surface area contributed by atoms with Gasteiger partial charge in [0, 0.05) is 0 Å². The number of amides is 1. The summed E-state index contributed by atoms with van der Waals surface area (Å²) in [4.78, 5) is 26.3. The van der Waals surface area contributed by atoms with E-state index in [0.29, 0.717) is 6.61 Å². The molecule has 2 fully saturated rings. The molecule has 2 aliphatic carbocycles. The molecule has 1 amide bonds. The second kappa shape index (κ2) is 20.1. The Morgan fingerprint density at radius 1 is 0.920 bits per heavy atom. The Morgan fingerprint density at radius 3 is 1.44 bits per heavy atom. The molecule has 2 saturated carbocycles. The Labute approximate surface area is 150 Å². The Hall–Kier alpha value is -1.97. The Bertz CT molecular complexity index is 350. The predicted molar refractivity (Wildman–Crippen MR) is 95.8 cm³/mol. The summed E-state index contributed by atoms with van der Waals surface area (Å²) in [7, 11) is 0. The van der Waals surface area contributed by atoms with Gasteiger partial charge in [-0.3, -0.25) is 0 Å². The lowest BCUT2D eigenvalue weighted by atomic mass is 9.78. The normalized spacial score (nSPS) is 16.8. The first-order valence-electron chi connectivity index (χ1n) is 9.05. The van der Waals surface area contributed by atoms with Gasteiger partial charge in [0.05, 0.1) is 6.61 Å². The molecule has 7 heteroatoms. The van der Waals surface area contributed by atoms with Crippen LogP contribution in [0.3, 0.4) is 0 Å². The van der Waals surface area contributed by atoms with Crippen LogP contribution in [0.5, 0.6) is 0 Å². The van der Waals surface area contributed by atoms with E-state index in [1.54, 1.807) is 39.0 Å². The van der Waals surface area contributed by atoms with Crippen molar-refractivity contribution in [1.82, 2.24) is 0 Å². The van der Waals surface area contributed by atoms with E-state index in [-0.39, 0.29) is 0 Å². The number of isocyanates is 2. The van der Waals surface area contributed by atoms with Crippen LogP contribution in [0.4, 0.5) is 4.79 Å². The van der Waals surface area contributed by atoms with Crippen LogP contribution in [0.25, 0.3) is 0 Å². The van der Waals surface area contributed by atoms with Gasteiger partial charge in [-0.2, -0.15) is 0 Å². The maximum absolute atomic E-state index is 9.60. The van der Waals surface area contributed by atoms with Crippen LogP contribution >= 0.6 is 0 Å². The van der Waals surface area contributed by atoms with Gasteiger partial charge in [0.15, 0.2) is 0 Å². The molecule has 0 aromatic heterocycles. The summed E-state index contributed by atoms with van der Waals surface area (Å²) in [6, 6.07) is 0. The zero-order valence-corrected chi connectivity index (χ0v) is 15.4. The third kappa shape index (κ3) is 20.0. The highest BCUT2D eigenvalue weighted by molar-refractivity contribution is 5.64. The van der Waals surface area contributed by atoms with Crippen LogP contribution in [0.2, 0.25) is 0 Å². The van der Waals surface area contributed by atoms with Crippen LogP contribution in [0.1, 0.15) is 77.6 Å². The van der Waals surface area contributed by atoms with Crippen molar-refractivity contribution in [2.24, 2.45) is 17.6 Å². The Morgan fingerprint density at radius 2 is 1.24 bits per heavy atom. The zero-order chi connectivity index (χ0) is 19.3. The number of carbonyl (C=O) groups is 1. The first-order valence-corrected chi connectivity index (χ1v) is 9.05. The molecule has 0 bridgehead atoms. The first kappa shape index (κ1) is 25.3. The van der Waals surface area contributed by atoms with Crippen molar-refractivity contribution in [3.05, 3.63) is 0 Å². The summed E-state index contributed by atoms with van der Waals surface area (Å²) in [6.07, 6.45) is 17.7. The van der Waals surface area contributed by atoms with Gasteiger partial charge in [-0.15, -0.1) is 0 Å². The fourth-order valence-corrected chi connectivity index (χ4v) is 3.46. The summed E-state index contributed by atoms with van der Waals surface area (Å²) in [5, 5.41) is 10.8. The largest absolute Gasteiger partial charge is 0.450 e. The maximum atomic E-state index is 9.60. The molecule has 25 heavy (non-hydrogen) atoms. The highest BCUT2D eigenvalue weighted by atomic mass is 16.5. The molecule has 0 heterocycles. The minimum atomic E-state index is -0.711. The quantitative estimate of drug-likeness (QED) is 0.509. The van der Waals surface area contributed by atoms with E-state index in [9.17, 15) is 4.79 Å². The molecule has 0 radical (unpaired) electrons. The molecule has 0 aromatic rings. The van der Waals surface area contributed by atoms with Crippen LogP contribution < -0.4 is 5.73 Å². The Kier molecular flexibility index (Phi) is 20.3. The third-order valence-corrected chi connectivity index (χ3v) is 4.40. The van der Waals surface area contributed by atoms with Gasteiger partial charge in [-0.1, -0.05) is 64.2 Å². The van der Waals surface area contributed by atoms with E-state index in [1.165, 1.54) is 38.5 Å². The van der Waals surface area contributed by atoms with Crippen molar-refractivity contribution in [1.29, 1.82) is 10.8 Å². The van der Waals surface area contributed by atoms with Gasteiger partial charge in [-0.25, -0.2) is 25.2 Å². The van der Waals surface area contributed by atoms with E-state index in [4.69, 9.17) is 20.4 Å². The molecule has 0 saturated heterocycles. The molecular weight excluding hydrogens is 322 g/mol. The molecule has 2 aliphatic rings. The van der Waals surface area contributed by atoms with Gasteiger partial charge >= 0.3 is 6.09 Å². The summed E-state index contributed by atoms with van der Waals surface area (Å²) in [5.41, 5.74) is 4.54. The number of carbonyl (C=O) groups excluding carboxylic acids is 3. The van der Waals surface area contributed by atoms with Crippen LogP contribution in [0.15, 0.2) is 0 Å². The standard InChI is InChI=1S/C13H24.C3H7NO2.2CHNO/c1-3-7-12(8-4-1)11-13-9-5-2-6-10-13;1-2-6-3(4)5;2*2-1-3/h12-13H,1-11H2;2H2,1H3,(H2,4,5);2*2H. The monoisotopic (exact) mass is 355 g/mol. The molecule has 7 nitrogen and oxygen atoms in total. The lowest BCUT2D eigenvalue weighted by molar-refractivity contribution is 0.163. The third-order valence-electron chi connectivity index (χ3n) is 4.40. The number of ether oxygens (including phenoxy) is 1. The summed E-state index contributed by atoms with van der Waals surface area (Å²) >= 11 is 0. The van der Waals surface area contributed by atoms with E-state index < -0.39 is 6.09 Å². The average Bonchev–Trinajstić information content (AvgIpc) is 2.59. The fourth-order valence-electron chi connectivity index (χ4n) is 3.46. The molecule has 2 rings (SSSR count). The highest BCUT2D eigenvalue weighted by Gasteiger charge is 2.20. The number of rotatable bonds is 3. The van der Waals surface area contributed by atoms with Crippen molar-refractivity contribution in [3.63, 3.8) is 0 Å². The summed E-state index contributed by atoms with van der Waals surface area (Å²) < 4.78 is 4.18. The molecular formula is C18H33N3O4. The molecule has 0 aromatic carbocycles. The van der Waals surface area contributed by atoms with Crippen molar-refractivity contribution in [2.45, 2.75) is 77.6 Å². The molecule has 0 aliphatic heterocycles. The van der Waals surface area contributed by atoms with E-state index >= 15 is 0 Å². The minimum Gasteiger partial charge on any atom is -0.450 e. The van der Waals surface area contributed by atoms with Gasteiger partial charge in [-0.05, 0) is 25.2 Å². The van der Waals surface area contributed by atoms with Gasteiger partial charge < -0.3 is 10.5 Å². The second-order valence-electron chi connectivity index (χ2n) is 6.20. The lowest BCUT2D eigenvalue weighted by Crippen LogP contribution is -2.14. The number of nitrogens with one attached hydrogen (secondary N) is 2. The summed E-state index contributed by atoms with van der Waals surface area (Å²) in [5.74, 6) is 2.24. The zero-order valence-electron chi connectivity index (χ0n) is 15.4. The van der Waals surface area contributed by atoms with Gasteiger partial charge in [0.25, 0.3) is 0 Å². The van der Waals surface area contributed by atoms with E-state index in [2.05, 4.69) is 10.5 Å². The second-order valence-corrected chi connectivity index (χ2v) is 6.20. The maximum Gasteiger partial charge on any atom is 0.404 e. The van der Waals surface area contributed by atoms with Gasteiger partial charge in [0.2, 0.25) is 12.2 Å². The van der Waals surface area contributed by atoms with Crippen LogP contribution in [-0.2, 0) is 14.3 Å². The first-order chi connectivity index (χ1) is 12.0. The lowest BCUT2D eigenvalue weighted by Gasteiger charge is -2.28. The van der Waals surface area contributed by atoms with Crippen molar-refractivity contribution in [3.8, 4) is 0 Å². The summed E-state index contributed by atoms with van der Waals surface area (Å²) in [6.45, 7) is 2.06. The fraction of sp³-hybridized carbons (Fsp3) is 0.833. The van der Waals surface area contributed by atoms with Crippen molar-refractivity contribution < 1.29 is 19.1 Å². The number of primary amides is 1. The van der Waals surface area contributed by atoms with Gasteiger partial charge in [0.1, 0.15) is 0 Å². The molecule has 0 atom stereocenters. The predicted octanol–water partition coefficient (Wildman–Crippen LogP) is 4.44. The van der Waals surface area contributed by atoms with Crippen LogP contribution in [0, 0.1) is 22.7 Å². The van der Waals surface area contributed by atoms with Crippen molar-refractivity contribution in [2.75, 3.05) is 6.61 Å². The topological polar surface area (TPSA) is 134 Å². The number of nitrogens with two attached hydrogens (primary N) is 1. The average molecular weight is 355 g/mol. The number of hydrogen-bond donors (Lipinski definition) is 3. The Balaban J connectivity index is 0. The minimum absolute atomic E-state index is 0.356. The molecule has 0 spiro atoms. The molecule has 0 unspecified atom stereocenters. The van der Waals surface area contributed by atoms with E-state index in [0.717, 1.165) is 24.0 Å². The van der Waals surface area contributed by atoms with E-state index in [1.807, 2.05) is 0 Å². The molecule has 4 N–H and O–H groups in total. The van der Waals surface area contributed by atoms with Crippen molar-refractivity contribution >= 4 is 18.3 Å². The SMILES string of the molecule is C1CCC(CC2CCCCC2)CC1.CCOC(N)=O.N=C=O.N=C=O.